The van der Waals surface area contributed by atoms with E-state index in [-0.39, 0.29) is 26.9 Å². The number of halogens is 2. The van der Waals surface area contributed by atoms with Crippen LogP contribution in [0.5, 0.6) is 0 Å². The number of benzene rings is 1. The van der Waals surface area contributed by atoms with Gasteiger partial charge in [-0.05, 0) is 12.1 Å². The van der Waals surface area contributed by atoms with Gasteiger partial charge < -0.3 is 10.0 Å². The molecule has 2 rings (SSSR count). The summed E-state index contributed by atoms with van der Waals surface area (Å²) in [6, 6.07) is 4.29. The molecule has 0 saturated carbocycles. The number of thioether (sulfide) groups is 1. The van der Waals surface area contributed by atoms with Gasteiger partial charge in [0.1, 0.15) is 4.90 Å². The zero-order chi connectivity index (χ0) is 15.1. The number of primary sulfonamides is 1. The normalized spacial score (nSPS) is 24.2. The molecule has 1 aliphatic rings. The number of aliphatic hydroxyl groups is 1. The number of hydrogen-bond acceptors (Lipinski definition) is 5. The number of amidine groups is 1. The second kappa shape index (κ2) is 6.43. The maximum atomic E-state index is 11.5. The molecule has 0 aliphatic carbocycles. The van der Waals surface area contributed by atoms with Crippen LogP contribution in [0.25, 0.3) is 0 Å². The third-order valence-corrected chi connectivity index (χ3v) is 5.79. The van der Waals surface area contributed by atoms with Crippen molar-refractivity contribution in [2.24, 2.45) is 10.1 Å². The second-order valence-electron chi connectivity index (χ2n) is 4.36. The van der Waals surface area contributed by atoms with Gasteiger partial charge in [-0.15, -0.1) is 17.0 Å². The molecule has 0 amide bonds. The van der Waals surface area contributed by atoms with Crippen LogP contribution < -0.4 is 5.14 Å². The number of aliphatic imine (C=N–C) groups is 1. The van der Waals surface area contributed by atoms with Crippen molar-refractivity contribution in [3.8, 4) is 0 Å². The highest BCUT2D eigenvalue weighted by Crippen LogP contribution is 2.39. The Kier molecular flexibility index (Phi) is 5.73. The number of sulfonamides is 1. The summed E-state index contributed by atoms with van der Waals surface area (Å²) < 4.78 is 23.0. The van der Waals surface area contributed by atoms with E-state index in [4.69, 9.17) is 16.7 Å². The standard InChI is InChI=1S/C11H14ClN3O3S2.BrH/c1-14-10-15(2)11(16,6-19-10)7-3-4-8(12)9(5-7)20(13,17)18;/h3-5,16H,6H2,1-2H3,(H2,13,17,18);1H. The van der Waals surface area contributed by atoms with Gasteiger partial charge in [0.15, 0.2) is 10.9 Å². The molecule has 21 heavy (non-hydrogen) atoms. The van der Waals surface area contributed by atoms with Crippen LogP contribution in [0.4, 0.5) is 0 Å². The van der Waals surface area contributed by atoms with Gasteiger partial charge in [-0.25, -0.2) is 13.6 Å². The van der Waals surface area contributed by atoms with E-state index in [0.717, 1.165) is 0 Å². The Morgan fingerprint density at radius 1 is 1.52 bits per heavy atom. The first-order valence-electron chi connectivity index (χ1n) is 5.59. The highest BCUT2D eigenvalue weighted by molar-refractivity contribution is 8.93. The van der Waals surface area contributed by atoms with Crippen molar-refractivity contribution in [1.29, 1.82) is 0 Å². The van der Waals surface area contributed by atoms with Gasteiger partial charge in [0, 0.05) is 19.7 Å². The minimum Gasteiger partial charge on any atom is -0.366 e. The molecule has 1 heterocycles. The maximum Gasteiger partial charge on any atom is 0.239 e. The number of hydrogen-bond donors (Lipinski definition) is 2. The number of rotatable bonds is 2. The van der Waals surface area contributed by atoms with E-state index in [9.17, 15) is 13.5 Å². The monoisotopic (exact) mass is 415 g/mol. The van der Waals surface area contributed by atoms with E-state index in [1.165, 1.54) is 23.9 Å². The minimum atomic E-state index is -3.95. The SMILES string of the molecule is Br.CN=C1SCC(O)(c2ccc(Cl)c(S(N)(=O)=O)c2)N1C. The van der Waals surface area contributed by atoms with Crippen LogP contribution in [0.15, 0.2) is 28.1 Å². The Hall–Kier alpha value is -0.320. The van der Waals surface area contributed by atoms with E-state index >= 15 is 0 Å². The second-order valence-corrected chi connectivity index (χ2v) is 7.24. The fourth-order valence-electron chi connectivity index (χ4n) is 1.98. The number of nitrogens with zero attached hydrogens (tertiary/aromatic N) is 2. The summed E-state index contributed by atoms with van der Waals surface area (Å²) in [4.78, 5) is 5.44. The highest BCUT2D eigenvalue weighted by atomic mass is 79.9. The third-order valence-electron chi connectivity index (χ3n) is 3.14. The summed E-state index contributed by atoms with van der Waals surface area (Å²) in [5, 5.41) is 16.6. The first kappa shape index (κ1) is 18.7. The van der Waals surface area contributed by atoms with Crippen LogP contribution in [0.2, 0.25) is 5.02 Å². The predicted octanol–water partition coefficient (Wildman–Crippen LogP) is 1.37. The van der Waals surface area contributed by atoms with Gasteiger partial charge >= 0.3 is 0 Å². The Bertz CT molecular complexity index is 683. The lowest BCUT2D eigenvalue weighted by atomic mass is 10.0. The van der Waals surface area contributed by atoms with Gasteiger partial charge in [-0.3, -0.25) is 4.99 Å². The molecule has 0 aromatic heterocycles. The van der Waals surface area contributed by atoms with Crippen molar-refractivity contribution in [2.45, 2.75) is 10.6 Å². The molecule has 1 saturated heterocycles. The Labute approximate surface area is 143 Å². The zero-order valence-electron chi connectivity index (χ0n) is 11.3. The van der Waals surface area contributed by atoms with Gasteiger partial charge in [0.25, 0.3) is 0 Å². The van der Waals surface area contributed by atoms with Crippen molar-refractivity contribution < 1.29 is 13.5 Å². The van der Waals surface area contributed by atoms with Crippen molar-refractivity contribution in [3.05, 3.63) is 28.8 Å². The molecule has 0 bridgehead atoms. The quantitative estimate of drug-likeness (QED) is 0.759. The van der Waals surface area contributed by atoms with Crippen LogP contribution in [-0.2, 0) is 15.7 Å². The molecule has 1 unspecified atom stereocenters. The summed E-state index contributed by atoms with van der Waals surface area (Å²) >= 11 is 7.22. The summed E-state index contributed by atoms with van der Waals surface area (Å²) in [5.41, 5.74) is -0.941. The fraction of sp³-hybridized carbons (Fsp3) is 0.364. The summed E-state index contributed by atoms with van der Waals surface area (Å²) in [6.07, 6.45) is 0. The molecule has 1 aliphatic heterocycles. The molecular formula is C11H15BrClN3O3S2. The van der Waals surface area contributed by atoms with Gasteiger partial charge in [-0.1, -0.05) is 29.4 Å². The molecule has 1 fully saturated rings. The number of nitrogens with two attached hydrogens (primary N) is 1. The molecule has 1 atom stereocenters. The first-order valence-corrected chi connectivity index (χ1v) is 8.50. The molecule has 0 spiro atoms. The highest BCUT2D eigenvalue weighted by Gasteiger charge is 2.42. The van der Waals surface area contributed by atoms with Crippen LogP contribution >= 0.6 is 40.3 Å². The van der Waals surface area contributed by atoms with E-state index in [0.29, 0.717) is 16.5 Å². The Balaban J connectivity index is 0.00000220. The molecule has 6 nitrogen and oxygen atoms in total. The summed E-state index contributed by atoms with van der Waals surface area (Å²) in [5.74, 6) is 0.335. The van der Waals surface area contributed by atoms with E-state index in [1.807, 2.05) is 0 Å². The average Bonchev–Trinajstić information content (AvgIpc) is 2.66. The molecule has 118 valence electrons. The lowest BCUT2D eigenvalue weighted by Gasteiger charge is -2.31. The van der Waals surface area contributed by atoms with Crippen molar-refractivity contribution in [3.63, 3.8) is 0 Å². The van der Waals surface area contributed by atoms with Crippen molar-refractivity contribution in [1.82, 2.24) is 4.90 Å². The largest absolute Gasteiger partial charge is 0.366 e. The molecular weight excluding hydrogens is 402 g/mol. The average molecular weight is 417 g/mol. The maximum absolute atomic E-state index is 11.5. The van der Waals surface area contributed by atoms with E-state index < -0.39 is 15.7 Å². The lowest BCUT2D eigenvalue weighted by molar-refractivity contribution is -0.0349. The molecule has 0 radical (unpaired) electrons. The van der Waals surface area contributed by atoms with Crippen molar-refractivity contribution in [2.75, 3.05) is 19.8 Å². The first-order chi connectivity index (χ1) is 9.20. The fourth-order valence-corrected chi connectivity index (χ4v) is 4.21. The minimum absolute atomic E-state index is 0. The predicted molar refractivity (Wildman–Crippen MR) is 90.6 cm³/mol. The Morgan fingerprint density at radius 2 is 2.14 bits per heavy atom. The summed E-state index contributed by atoms with van der Waals surface area (Å²) in [7, 11) is -0.632. The molecule has 10 heteroatoms. The van der Waals surface area contributed by atoms with E-state index in [1.54, 1.807) is 25.1 Å². The van der Waals surface area contributed by atoms with Gasteiger partial charge in [0.2, 0.25) is 10.0 Å². The van der Waals surface area contributed by atoms with Crippen LogP contribution in [0.1, 0.15) is 5.56 Å². The zero-order valence-corrected chi connectivity index (χ0v) is 15.4. The van der Waals surface area contributed by atoms with Gasteiger partial charge in [0.05, 0.1) is 10.8 Å². The summed E-state index contributed by atoms with van der Waals surface area (Å²) in [6.45, 7) is 0. The smallest absolute Gasteiger partial charge is 0.239 e. The van der Waals surface area contributed by atoms with Crippen LogP contribution in [-0.4, -0.2) is 43.4 Å². The molecule has 1 aromatic rings. The lowest BCUT2D eigenvalue weighted by Crippen LogP contribution is -2.42. The van der Waals surface area contributed by atoms with E-state index in [2.05, 4.69) is 4.99 Å². The topological polar surface area (TPSA) is 96.0 Å². The van der Waals surface area contributed by atoms with Crippen molar-refractivity contribution >= 4 is 55.5 Å². The Morgan fingerprint density at radius 3 is 2.62 bits per heavy atom. The molecule has 3 N–H and O–H groups in total. The van der Waals surface area contributed by atoms with Crippen LogP contribution in [0, 0.1) is 0 Å². The molecule has 1 aromatic carbocycles. The third kappa shape index (κ3) is 3.38. The van der Waals surface area contributed by atoms with Gasteiger partial charge in [-0.2, -0.15) is 0 Å². The van der Waals surface area contributed by atoms with Crippen LogP contribution in [0.3, 0.4) is 0 Å².